The van der Waals surface area contributed by atoms with Crippen LogP contribution in [0.5, 0.6) is 0 Å². The molecule has 1 amide bonds. The molecule has 2 aromatic rings. The molecule has 0 fully saturated rings. The number of hydrogen-bond donors (Lipinski definition) is 3. The Kier molecular flexibility index (Phi) is 9.45. The summed E-state index contributed by atoms with van der Waals surface area (Å²) in [6.45, 7) is 11.4. The fourth-order valence-electron chi connectivity index (χ4n) is 4.76. The molecule has 3 rings (SSSR count). The molecule has 1 aliphatic rings. The van der Waals surface area contributed by atoms with E-state index in [4.69, 9.17) is 4.74 Å². The average molecular weight is 567 g/mol. The topological polar surface area (TPSA) is 105 Å². The van der Waals surface area contributed by atoms with Gasteiger partial charge in [-0.3, -0.25) is 0 Å². The fourth-order valence-corrected chi connectivity index (χ4v) is 6.36. The second-order valence-electron chi connectivity index (χ2n) is 12.5. The molecule has 0 aromatic heterocycles. The summed E-state index contributed by atoms with van der Waals surface area (Å²) in [5.74, 6) is -1.56. The maximum atomic E-state index is 13.8. The van der Waals surface area contributed by atoms with Crippen LogP contribution < -0.4 is 10.6 Å². The zero-order chi connectivity index (χ0) is 29.2. The van der Waals surface area contributed by atoms with E-state index in [9.17, 15) is 27.1 Å². The predicted molar refractivity (Wildman–Crippen MR) is 146 cm³/mol. The van der Waals surface area contributed by atoms with Gasteiger partial charge in [0.25, 0.3) is 0 Å². The number of fused-ring (bicyclic) bond motifs is 1. The Morgan fingerprint density at radius 3 is 2.28 bits per heavy atom. The van der Waals surface area contributed by atoms with Crippen LogP contribution >= 0.6 is 0 Å². The highest BCUT2D eigenvalue weighted by Gasteiger charge is 2.32. The van der Waals surface area contributed by atoms with Gasteiger partial charge in [-0.2, -0.15) is 0 Å². The summed E-state index contributed by atoms with van der Waals surface area (Å²) in [7, 11) is -3.42. The highest BCUT2D eigenvalue weighted by molar-refractivity contribution is 7.91. The standard InChI is InChI=1S/C29H40F2N2O5S/c1-28(2,3)16-18-7-8-26-22(13-18)23(9-10-39(26,36)37)32-17-25(34)24(33-27(35)38-29(4,5)6)14-19-11-20(30)15-21(31)12-19/h7-8,11-13,15,23-25,32,34H,9-10,14,16-17H2,1-6H3,(H,33,35). The first-order valence-electron chi connectivity index (χ1n) is 13.1. The number of sulfone groups is 1. The summed E-state index contributed by atoms with van der Waals surface area (Å²) in [6, 6.07) is 7.17. The van der Waals surface area contributed by atoms with E-state index in [2.05, 4.69) is 31.4 Å². The van der Waals surface area contributed by atoms with E-state index in [1.807, 2.05) is 12.1 Å². The van der Waals surface area contributed by atoms with Crippen molar-refractivity contribution in [3.05, 3.63) is 64.7 Å². The van der Waals surface area contributed by atoms with Gasteiger partial charge in [0.05, 0.1) is 22.8 Å². The molecule has 0 aliphatic carbocycles. The molecule has 10 heteroatoms. The van der Waals surface area contributed by atoms with Crippen LogP contribution in [0.1, 0.15) is 70.7 Å². The maximum Gasteiger partial charge on any atom is 0.407 e. The minimum atomic E-state index is -3.42. The number of aliphatic hydroxyl groups excluding tert-OH is 1. The number of hydrogen-bond acceptors (Lipinski definition) is 6. The van der Waals surface area contributed by atoms with Gasteiger partial charge in [0, 0.05) is 18.7 Å². The molecule has 3 N–H and O–H groups in total. The van der Waals surface area contributed by atoms with Crippen molar-refractivity contribution in [1.82, 2.24) is 10.6 Å². The zero-order valence-electron chi connectivity index (χ0n) is 23.5. The van der Waals surface area contributed by atoms with Gasteiger partial charge in [-0.25, -0.2) is 22.0 Å². The molecule has 0 saturated heterocycles. The number of amides is 1. The van der Waals surface area contributed by atoms with Crippen molar-refractivity contribution >= 4 is 15.9 Å². The number of ether oxygens (including phenoxy) is 1. The Labute approximate surface area is 230 Å². The van der Waals surface area contributed by atoms with Crippen molar-refractivity contribution in [2.45, 2.75) is 89.5 Å². The van der Waals surface area contributed by atoms with E-state index in [1.54, 1.807) is 26.8 Å². The Balaban J connectivity index is 1.81. The summed E-state index contributed by atoms with van der Waals surface area (Å²) in [5.41, 5.74) is 1.15. The third kappa shape index (κ3) is 9.25. The minimum Gasteiger partial charge on any atom is -0.444 e. The molecule has 0 spiro atoms. The van der Waals surface area contributed by atoms with Gasteiger partial charge >= 0.3 is 6.09 Å². The van der Waals surface area contributed by atoms with Gasteiger partial charge in [0.1, 0.15) is 17.2 Å². The molecule has 0 radical (unpaired) electrons. The van der Waals surface area contributed by atoms with Gasteiger partial charge in [-0.15, -0.1) is 0 Å². The van der Waals surface area contributed by atoms with E-state index in [-0.39, 0.29) is 40.6 Å². The van der Waals surface area contributed by atoms with E-state index < -0.39 is 45.3 Å². The van der Waals surface area contributed by atoms with Crippen LogP contribution in [0.4, 0.5) is 13.6 Å². The third-order valence-electron chi connectivity index (χ3n) is 6.31. The van der Waals surface area contributed by atoms with Crippen LogP contribution in [0.3, 0.4) is 0 Å². The second-order valence-corrected chi connectivity index (χ2v) is 14.6. The van der Waals surface area contributed by atoms with Crippen LogP contribution in [-0.4, -0.2) is 49.7 Å². The van der Waals surface area contributed by atoms with E-state index in [0.29, 0.717) is 12.0 Å². The molecular weight excluding hydrogens is 526 g/mol. The Hall–Kier alpha value is -2.56. The maximum absolute atomic E-state index is 13.8. The fraction of sp³-hybridized carbons (Fsp3) is 0.552. The highest BCUT2D eigenvalue weighted by atomic mass is 32.2. The summed E-state index contributed by atoms with van der Waals surface area (Å²) in [4.78, 5) is 12.8. The van der Waals surface area contributed by atoms with Gasteiger partial charge in [-0.1, -0.05) is 32.9 Å². The van der Waals surface area contributed by atoms with Crippen LogP contribution in [-0.2, 0) is 27.4 Å². The predicted octanol–water partition coefficient (Wildman–Crippen LogP) is 4.86. The van der Waals surface area contributed by atoms with Crippen molar-refractivity contribution in [1.29, 1.82) is 0 Å². The van der Waals surface area contributed by atoms with E-state index >= 15 is 0 Å². The van der Waals surface area contributed by atoms with Crippen LogP contribution in [0.2, 0.25) is 0 Å². The summed E-state index contributed by atoms with van der Waals surface area (Å²) in [5, 5.41) is 17.0. The third-order valence-corrected chi connectivity index (χ3v) is 8.13. The smallest absolute Gasteiger partial charge is 0.407 e. The molecule has 2 aromatic carbocycles. The number of nitrogens with one attached hydrogen (secondary N) is 2. The number of alkyl carbamates (subject to hydrolysis) is 1. The Morgan fingerprint density at radius 1 is 1.05 bits per heavy atom. The molecule has 1 heterocycles. The zero-order valence-corrected chi connectivity index (χ0v) is 24.3. The summed E-state index contributed by atoms with van der Waals surface area (Å²) in [6.07, 6.45) is -0.919. The number of aliphatic hydroxyl groups is 1. The van der Waals surface area contributed by atoms with Crippen molar-refractivity contribution in [2.75, 3.05) is 12.3 Å². The molecule has 216 valence electrons. The summed E-state index contributed by atoms with van der Waals surface area (Å²) >= 11 is 0. The summed E-state index contributed by atoms with van der Waals surface area (Å²) < 4.78 is 58.5. The Morgan fingerprint density at radius 2 is 1.69 bits per heavy atom. The first kappa shape index (κ1) is 31.0. The SMILES string of the molecule is CC(C)(C)Cc1ccc2c(c1)C(NCC(O)C(Cc1cc(F)cc(F)c1)NC(=O)OC(C)(C)C)CCS2(=O)=O. The first-order valence-corrected chi connectivity index (χ1v) is 14.8. The van der Waals surface area contributed by atoms with Crippen LogP contribution in [0, 0.1) is 17.0 Å². The lowest BCUT2D eigenvalue weighted by molar-refractivity contribution is 0.0419. The van der Waals surface area contributed by atoms with E-state index in [1.165, 1.54) is 0 Å². The van der Waals surface area contributed by atoms with E-state index in [0.717, 1.165) is 30.2 Å². The number of carbonyl (C=O) groups is 1. The molecule has 0 saturated carbocycles. The van der Waals surface area contributed by atoms with Crippen LogP contribution in [0.25, 0.3) is 0 Å². The quantitative estimate of drug-likeness (QED) is 0.422. The van der Waals surface area contributed by atoms with Crippen molar-refractivity contribution < 1.29 is 31.8 Å². The van der Waals surface area contributed by atoms with Crippen molar-refractivity contribution in [2.24, 2.45) is 5.41 Å². The normalized spacial score (nSPS) is 18.6. The highest BCUT2D eigenvalue weighted by Crippen LogP contribution is 2.34. The molecular formula is C29H40F2N2O5S. The van der Waals surface area contributed by atoms with Gasteiger partial charge in [0.2, 0.25) is 0 Å². The van der Waals surface area contributed by atoms with Gasteiger partial charge < -0.3 is 20.5 Å². The van der Waals surface area contributed by atoms with Crippen molar-refractivity contribution in [3.8, 4) is 0 Å². The molecule has 3 atom stereocenters. The number of carbonyl (C=O) groups excluding carboxylic acids is 1. The first-order chi connectivity index (χ1) is 17.9. The second kappa shape index (κ2) is 11.9. The number of halogens is 2. The molecule has 1 aliphatic heterocycles. The molecule has 7 nitrogen and oxygen atoms in total. The lowest BCUT2D eigenvalue weighted by Crippen LogP contribution is -2.50. The largest absolute Gasteiger partial charge is 0.444 e. The minimum absolute atomic E-state index is 0.00802. The van der Waals surface area contributed by atoms with Gasteiger partial charge in [0.15, 0.2) is 9.84 Å². The van der Waals surface area contributed by atoms with Gasteiger partial charge in [-0.05, 0) is 80.3 Å². The Bertz CT molecular complexity index is 1270. The monoisotopic (exact) mass is 566 g/mol. The van der Waals surface area contributed by atoms with Crippen LogP contribution in [0.15, 0.2) is 41.3 Å². The molecule has 3 unspecified atom stereocenters. The number of benzene rings is 2. The average Bonchev–Trinajstić information content (AvgIpc) is 2.74. The molecule has 0 bridgehead atoms. The number of rotatable bonds is 8. The van der Waals surface area contributed by atoms with Crippen molar-refractivity contribution in [3.63, 3.8) is 0 Å². The lowest BCUT2D eigenvalue weighted by atomic mass is 9.87. The molecule has 39 heavy (non-hydrogen) atoms. The lowest BCUT2D eigenvalue weighted by Gasteiger charge is -2.31.